The lowest BCUT2D eigenvalue weighted by atomic mass is 9.85. The van der Waals surface area contributed by atoms with Crippen molar-refractivity contribution in [2.45, 2.75) is 63.6 Å². The second-order valence-corrected chi connectivity index (χ2v) is 8.47. The summed E-state index contributed by atoms with van der Waals surface area (Å²) in [7, 11) is 0. The van der Waals surface area contributed by atoms with Gasteiger partial charge in [-0.1, -0.05) is 0 Å². The Morgan fingerprint density at radius 2 is 2.07 bits per heavy atom. The first-order chi connectivity index (χ1) is 13.0. The van der Waals surface area contributed by atoms with E-state index in [9.17, 15) is 9.59 Å². The fourth-order valence-corrected chi connectivity index (χ4v) is 3.92. The van der Waals surface area contributed by atoms with Gasteiger partial charge in [0, 0.05) is 24.8 Å². The van der Waals surface area contributed by atoms with E-state index in [0.717, 1.165) is 19.4 Å². The highest BCUT2D eigenvalue weighted by Gasteiger charge is 2.37. The Morgan fingerprint density at radius 3 is 2.70 bits per heavy atom. The molecule has 0 aromatic carbocycles. The molecule has 1 heterocycles. The summed E-state index contributed by atoms with van der Waals surface area (Å²) in [6.45, 7) is 3.13. The number of hydrogen-bond acceptors (Lipinski definition) is 4. The molecule has 1 aromatic heterocycles. The first-order valence-corrected chi connectivity index (χ1v) is 10.1. The van der Waals surface area contributed by atoms with Crippen molar-refractivity contribution in [3.05, 3.63) is 12.4 Å². The summed E-state index contributed by atoms with van der Waals surface area (Å²) in [4.78, 5) is 25.4. The number of nitrogens with zero attached hydrogens (tertiary/aromatic N) is 3. The third-order valence-corrected chi connectivity index (χ3v) is 6.07. The van der Waals surface area contributed by atoms with Crippen molar-refractivity contribution in [2.24, 2.45) is 11.8 Å². The Balaban J connectivity index is 1.21. The molecule has 0 spiro atoms. The Morgan fingerprint density at radius 1 is 1.33 bits per heavy atom. The van der Waals surface area contributed by atoms with Crippen LogP contribution < -0.4 is 10.6 Å². The lowest BCUT2D eigenvalue weighted by molar-refractivity contribution is -0.139. The summed E-state index contributed by atoms with van der Waals surface area (Å²) in [5, 5.41) is 19.3. The topological polar surface area (TPSA) is 99.5 Å². The van der Waals surface area contributed by atoms with Crippen LogP contribution in [0.25, 0.3) is 0 Å². The number of carbonyl (C=O) groups excluding carboxylic acids is 1. The van der Waals surface area contributed by atoms with Crippen molar-refractivity contribution in [1.29, 1.82) is 0 Å². The van der Waals surface area contributed by atoms with Crippen LogP contribution in [0.5, 0.6) is 0 Å². The number of anilines is 1. The third kappa shape index (κ3) is 4.80. The summed E-state index contributed by atoms with van der Waals surface area (Å²) >= 11 is 0. The molecule has 148 valence electrons. The quantitative estimate of drug-likeness (QED) is 0.615. The van der Waals surface area contributed by atoms with Gasteiger partial charge in [0.05, 0.1) is 24.5 Å². The van der Waals surface area contributed by atoms with Gasteiger partial charge in [-0.15, -0.1) is 0 Å². The normalized spacial score (nSPS) is 25.7. The molecule has 1 atom stereocenters. The number of aliphatic carboxylic acids is 1. The highest BCUT2D eigenvalue weighted by molar-refractivity contribution is 5.89. The average Bonchev–Trinajstić information content (AvgIpc) is 3.49. The fourth-order valence-electron chi connectivity index (χ4n) is 3.92. The minimum absolute atomic E-state index is 0.0957. The predicted octanol–water partition coefficient (Wildman–Crippen LogP) is 2.30. The molecule has 3 fully saturated rings. The molecule has 1 aromatic rings. The molecule has 0 aliphatic heterocycles. The molecule has 8 heteroatoms. The summed E-state index contributed by atoms with van der Waals surface area (Å²) in [5.74, 6) is 0.597. The zero-order chi connectivity index (χ0) is 19.0. The molecule has 4 rings (SSSR count). The van der Waals surface area contributed by atoms with Gasteiger partial charge >= 0.3 is 12.0 Å². The molecule has 3 aliphatic rings. The van der Waals surface area contributed by atoms with E-state index in [1.807, 2.05) is 10.9 Å². The minimum atomic E-state index is -0.776. The van der Waals surface area contributed by atoms with Gasteiger partial charge in [0.15, 0.2) is 0 Å². The van der Waals surface area contributed by atoms with Crippen molar-refractivity contribution in [2.75, 3.05) is 18.4 Å². The van der Waals surface area contributed by atoms with Crippen LogP contribution in [-0.4, -0.2) is 57.0 Å². The van der Waals surface area contributed by atoms with Gasteiger partial charge in [0.2, 0.25) is 0 Å². The smallest absolute Gasteiger partial charge is 0.319 e. The summed E-state index contributed by atoms with van der Waals surface area (Å²) in [5.41, 5.74) is 0.706. The van der Waals surface area contributed by atoms with Gasteiger partial charge in [-0.2, -0.15) is 5.10 Å². The maximum atomic E-state index is 12.2. The number of amides is 2. The largest absolute Gasteiger partial charge is 0.480 e. The maximum Gasteiger partial charge on any atom is 0.319 e. The van der Waals surface area contributed by atoms with Crippen LogP contribution in [0.4, 0.5) is 10.5 Å². The zero-order valence-electron chi connectivity index (χ0n) is 15.8. The second-order valence-electron chi connectivity index (χ2n) is 8.47. The van der Waals surface area contributed by atoms with Crippen molar-refractivity contribution in [3.63, 3.8) is 0 Å². The number of carboxylic acid groups (broad SMARTS) is 1. The molecule has 2 amide bonds. The van der Waals surface area contributed by atoms with Gasteiger partial charge in [-0.3, -0.25) is 14.4 Å². The van der Waals surface area contributed by atoms with Crippen LogP contribution in [0.15, 0.2) is 12.4 Å². The molecule has 3 N–H and O–H groups in total. The van der Waals surface area contributed by atoms with E-state index in [0.29, 0.717) is 23.6 Å². The molecule has 0 radical (unpaired) electrons. The molecule has 0 saturated heterocycles. The van der Waals surface area contributed by atoms with E-state index in [-0.39, 0.29) is 24.7 Å². The summed E-state index contributed by atoms with van der Waals surface area (Å²) in [6, 6.07) is 0.520. The predicted molar refractivity (Wildman–Crippen MR) is 101 cm³/mol. The second kappa shape index (κ2) is 7.50. The Kier molecular flexibility index (Phi) is 5.08. The van der Waals surface area contributed by atoms with Gasteiger partial charge in [0.1, 0.15) is 0 Å². The first kappa shape index (κ1) is 18.3. The Labute approximate surface area is 159 Å². The van der Waals surface area contributed by atoms with E-state index in [1.54, 1.807) is 6.20 Å². The maximum absolute atomic E-state index is 12.2. The van der Waals surface area contributed by atoms with E-state index < -0.39 is 5.97 Å². The Bertz CT molecular complexity index is 691. The lowest BCUT2D eigenvalue weighted by Crippen LogP contribution is -2.55. The van der Waals surface area contributed by atoms with Crippen LogP contribution in [0.3, 0.4) is 0 Å². The Hall–Kier alpha value is -2.09. The number of carboxylic acids is 1. The van der Waals surface area contributed by atoms with E-state index in [1.165, 1.54) is 25.7 Å². The third-order valence-electron chi connectivity index (χ3n) is 6.07. The van der Waals surface area contributed by atoms with Crippen LogP contribution in [-0.2, 0) is 4.79 Å². The molecular weight excluding hydrogens is 346 g/mol. The first-order valence-electron chi connectivity index (χ1n) is 10.1. The molecule has 8 nitrogen and oxygen atoms in total. The van der Waals surface area contributed by atoms with Crippen LogP contribution >= 0.6 is 0 Å². The van der Waals surface area contributed by atoms with Gasteiger partial charge in [-0.05, 0) is 57.3 Å². The lowest BCUT2D eigenvalue weighted by Gasteiger charge is -2.42. The van der Waals surface area contributed by atoms with Crippen LogP contribution in [0.1, 0.15) is 51.5 Å². The van der Waals surface area contributed by atoms with Crippen molar-refractivity contribution >= 4 is 17.7 Å². The van der Waals surface area contributed by atoms with E-state index in [4.69, 9.17) is 5.11 Å². The standard InChI is InChI=1S/C19H29N5O3/c1-12(14-4-5-14)24-10-16(8-20-24)22-19(27)21-15-6-17(7-15)23(11-18(25)26)9-13-2-3-13/h8,10,12-15,17H,2-7,9,11H2,1H3,(H,25,26)(H2,21,22,27). The number of nitrogens with one attached hydrogen (secondary N) is 2. The van der Waals surface area contributed by atoms with Crippen molar-refractivity contribution in [3.8, 4) is 0 Å². The number of urea groups is 1. The fraction of sp³-hybridized carbons (Fsp3) is 0.737. The van der Waals surface area contributed by atoms with Gasteiger partial charge in [0.25, 0.3) is 0 Å². The highest BCUT2D eigenvalue weighted by atomic mass is 16.4. The molecule has 0 bridgehead atoms. The summed E-state index contributed by atoms with van der Waals surface area (Å²) < 4.78 is 1.92. The number of rotatable bonds is 9. The van der Waals surface area contributed by atoms with Gasteiger partial charge in [-0.25, -0.2) is 4.79 Å². The van der Waals surface area contributed by atoms with Crippen molar-refractivity contribution < 1.29 is 14.7 Å². The average molecular weight is 375 g/mol. The number of aromatic nitrogens is 2. The van der Waals surface area contributed by atoms with Crippen molar-refractivity contribution in [1.82, 2.24) is 20.0 Å². The van der Waals surface area contributed by atoms with Gasteiger partial charge < -0.3 is 15.7 Å². The molecule has 3 aliphatic carbocycles. The van der Waals surface area contributed by atoms with E-state index in [2.05, 4.69) is 27.6 Å². The molecule has 1 unspecified atom stereocenters. The number of carbonyl (C=O) groups is 2. The number of hydrogen-bond donors (Lipinski definition) is 3. The zero-order valence-corrected chi connectivity index (χ0v) is 15.8. The van der Waals surface area contributed by atoms with Crippen LogP contribution in [0.2, 0.25) is 0 Å². The van der Waals surface area contributed by atoms with E-state index >= 15 is 0 Å². The molecule has 3 saturated carbocycles. The summed E-state index contributed by atoms with van der Waals surface area (Å²) in [6.07, 6.45) is 10.1. The minimum Gasteiger partial charge on any atom is -0.480 e. The SMILES string of the molecule is CC(C1CC1)n1cc(NC(=O)NC2CC(N(CC(=O)O)CC3CC3)C2)cn1. The molecule has 27 heavy (non-hydrogen) atoms. The van der Waals surface area contributed by atoms with Crippen LogP contribution in [0, 0.1) is 11.8 Å². The monoisotopic (exact) mass is 375 g/mol. The molecular formula is C19H29N5O3. The highest BCUT2D eigenvalue weighted by Crippen LogP contribution is 2.39.